The van der Waals surface area contributed by atoms with Crippen LogP contribution in [-0.4, -0.2) is 0 Å². The highest BCUT2D eigenvalue weighted by atomic mass is 14.4. The van der Waals surface area contributed by atoms with Crippen molar-refractivity contribution in [3.8, 4) is 33.4 Å². The van der Waals surface area contributed by atoms with Gasteiger partial charge in [0, 0.05) is 17.8 Å². The number of rotatable bonds is 26. The first-order valence-electron chi connectivity index (χ1n) is 38.2. The number of fused-ring (bicyclic) bond motifs is 13. The molecule has 0 saturated carbocycles. The summed E-state index contributed by atoms with van der Waals surface area (Å²) in [6.07, 6.45) is 38.0. The molecule has 0 radical (unpaired) electrons. The highest BCUT2D eigenvalue weighted by Gasteiger charge is 2.34. The predicted molar refractivity (Wildman–Crippen MR) is 434 cm³/mol. The first kappa shape index (κ1) is 65.6. The van der Waals surface area contributed by atoms with Crippen molar-refractivity contribution in [2.24, 2.45) is 17.8 Å². The summed E-state index contributed by atoms with van der Waals surface area (Å²) in [6, 6.07) is 83.9. The average molecular weight is 1290 g/mol. The molecule has 3 aliphatic carbocycles. The van der Waals surface area contributed by atoms with Gasteiger partial charge in [0.05, 0.1) is 0 Å². The topological polar surface area (TPSA) is 0 Å². The van der Waals surface area contributed by atoms with Crippen molar-refractivity contribution in [3.63, 3.8) is 0 Å². The zero-order chi connectivity index (χ0) is 67.3. The molecule has 0 bridgehead atoms. The quantitative estimate of drug-likeness (QED) is 0.0374. The van der Waals surface area contributed by atoms with Crippen molar-refractivity contribution in [1.82, 2.24) is 0 Å². The van der Waals surface area contributed by atoms with Crippen LogP contribution in [0.15, 0.2) is 218 Å². The van der Waals surface area contributed by atoms with Gasteiger partial charge in [0.15, 0.2) is 0 Å². The van der Waals surface area contributed by atoms with E-state index >= 15 is 0 Å². The molecule has 0 amide bonds. The fourth-order valence-electron chi connectivity index (χ4n) is 18.0. The molecule has 0 spiro atoms. The molecular weight excluding hydrogens is 1190 g/mol. The van der Waals surface area contributed by atoms with E-state index in [1.165, 1.54) is 244 Å². The smallest absolute Gasteiger partial charge is 0.0105 e. The third-order valence-corrected chi connectivity index (χ3v) is 23.5. The van der Waals surface area contributed by atoms with Crippen molar-refractivity contribution in [1.29, 1.82) is 0 Å². The van der Waals surface area contributed by atoms with Crippen molar-refractivity contribution < 1.29 is 0 Å². The second kappa shape index (κ2) is 29.6. The van der Waals surface area contributed by atoms with Gasteiger partial charge < -0.3 is 0 Å². The van der Waals surface area contributed by atoms with E-state index in [2.05, 4.69) is 309 Å². The second-order valence-corrected chi connectivity index (χ2v) is 29.3. The molecule has 0 heterocycles. The fraction of sp³-hybridized carbons (Fsp3) is 0.273. The Kier molecular flexibility index (Phi) is 19.6. The molecule has 12 aromatic carbocycles. The largest absolute Gasteiger partial charge is 0.0654 e. The van der Waals surface area contributed by atoms with Crippen LogP contribution >= 0.6 is 0 Å². The molecule has 0 aromatic heterocycles. The predicted octanol–water partition coefficient (Wildman–Crippen LogP) is 29.1. The van der Waals surface area contributed by atoms with E-state index in [9.17, 15) is 0 Å². The molecule has 5 unspecified atom stereocenters. The van der Waals surface area contributed by atoms with E-state index in [4.69, 9.17) is 0 Å². The molecule has 494 valence electrons. The van der Waals surface area contributed by atoms with Crippen molar-refractivity contribution in [3.05, 3.63) is 296 Å². The van der Waals surface area contributed by atoms with Crippen LogP contribution in [0.25, 0.3) is 125 Å². The first-order chi connectivity index (χ1) is 48.8. The molecule has 5 atom stereocenters. The minimum Gasteiger partial charge on any atom is -0.0654 e. The Morgan fingerprint density at radius 3 is 0.707 bits per heavy atom. The maximum atomic E-state index is 2.54. The summed E-state index contributed by atoms with van der Waals surface area (Å²) >= 11 is 0. The molecular formula is C99H98. The third kappa shape index (κ3) is 13.0. The summed E-state index contributed by atoms with van der Waals surface area (Å²) in [6.45, 7) is 14.2. The number of hydrogen-bond donors (Lipinski definition) is 0. The first-order valence-corrected chi connectivity index (χ1v) is 38.2. The minimum atomic E-state index is 0.316. The number of benzene rings is 12. The molecule has 3 aliphatic rings. The Morgan fingerprint density at radius 1 is 0.242 bits per heavy atom. The van der Waals surface area contributed by atoms with Gasteiger partial charge in [-0.05, 0) is 191 Å². The lowest BCUT2D eigenvalue weighted by Crippen LogP contribution is -2.07. The Hall–Kier alpha value is -9.36. The van der Waals surface area contributed by atoms with E-state index < -0.39 is 0 Å². The summed E-state index contributed by atoms with van der Waals surface area (Å²) in [5.74, 6) is 3.31. The van der Waals surface area contributed by atoms with E-state index in [-0.39, 0.29) is 0 Å². The van der Waals surface area contributed by atoms with Crippen LogP contribution in [0.2, 0.25) is 0 Å². The van der Waals surface area contributed by atoms with Crippen LogP contribution in [0, 0.1) is 17.8 Å². The Labute approximate surface area is 591 Å². The van der Waals surface area contributed by atoms with Crippen LogP contribution in [0.3, 0.4) is 0 Å². The van der Waals surface area contributed by atoms with Crippen LogP contribution in [0.5, 0.6) is 0 Å². The normalized spacial score (nSPS) is 16.2. The average Bonchev–Trinajstić information content (AvgIpc) is 1.31. The zero-order valence-electron chi connectivity index (χ0n) is 59.5. The van der Waals surface area contributed by atoms with Gasteiger partial charge in [-0.25, -0.2) is 0 Å². The standard InChI is InChI=1S/C99H98/c1-7-13-28-66(10-4)59-93-83-41-26-24-39-81(83)89-55-47-69(62-95(89)93)43-51-85-73-31-16-20-35-77(73)87(78-36-21-17-32-74(78)85)53-45-71-49-57-91-92-58-50-72(65-98(92)99(97(91)64-71)61-68(12-6)30-15-9-3)46-54-88-79-37-22-18-33-75(79)86(76-34-19-23-38-80(76)88)52-44-70-48-56-90-82-40-25-27-42-84(82)94(96(90)63-70)60-67(11-5)29-14-8-2/h16-27,31-58,62-68,93-94,99H,7-15,28-30,59-61H2,1-6H3/b51-43+,52-44+,53-45+,54-46+. The molecule has 0 heteroatoms. The molecule has 0 N–H and O–H groups in total. The summed E-state index contributed by atoms with van der Waals surface area (Å²) in [5, 5.41) is 10.2. The van der Waals surface area contributed by atoms with E-state index in [0.29, 0.717) is 23.7 Å². The van der Waals surface area contributed by atoms with Gasteiger partial charge in [0.1, 0.15) is 0 Å². The van der Waals surface area contributed by atoms with Gasteiger partial charge in [-0.3, -0.25) is 0 Å². The van der Waals surface area contributed by atoms with E-state index in [1.807, 2.05) is 0 Å². The molecule has 15 rings (SSSR count). The van der Waals surface area contributed by atoms with Gasteiger partial charge in [-0.2, -0.15) is 0 Å². The van der Waals surface area contributed by atoms with Crippen LogP contribution in [0.1, 0.15) is 233 Å². The fourth-order valence-corrected chi connectivity index (χ4v) is 18.0. The van der Waals surface area contributed by atoms with Crippen LogP contribution in [0.4, 0.5) is 0 Å². The highest BCUT2D eigenvalue weighted by molar-refractivity contribution is 6.16. The summed E-state index contributed by atoms with van der Waals surface area (Å²) < 4.78 is 0. The van der Waals surface area contributed by atoms with Crippen LogP contribution < -0.4 is 0 Å². The lowest BCUT2D eigenvalue weighted by Gasteiger charge is -2.21. The maximum absolute atomic E-state index is 2.54. The Balaban J connectivity index is 0.732. The zero-order valence-corrected chi connectivity index (χ0v) is 59.5. The third-order valence-electron chi connectivity index (χ3n) is 23.5. The van der Waals surface area contributed by atoms with Crippen molar-refractivity contribution in [2.75, 3.05) is 0 Å². The Morgan fingerprint density at radius 2 is 0.465 bits per heavy atom. The monoisotopic (exact) mass is 1290 g/mol. The van der Waals surface area contributed by atoms with Gasteiger partial charge in [0.25, 0.3) is 0 Å². The minimum absolute atomic E-state index is 0.316. The van der Waals surface area contributed by atoms with Gasteiger partial charge >= 0.3 is 0 Å². The van der Waals surface area contributed by atoms with Crippen LogP contribution in [-0.2, 0) is 0 Å². The Bertz CT molecular complexity index is 4650. The highest BCUT2D eigenvalue weighted by Crippen LogP contribution is 2.53. The SMILES string of the molecule is CCCCC(CC)CC1c2ccccc2-c2ccc(/C=C/c3c4ccccc4c(/C=C/c4ccc5c(c4)C(CC(CC)CCCC)c4cc(/C=C/c6c7ccccc7c(/C=C/c7ccc8c(c7)C(CC(CC)CCCC)c7ccccc7-8)c7ccccc67)ccc4-5)c4ccccc34)cc21. The number of unbranched alkanes of at least 4 members (excludes halogenated alkanes) is 3. The van der Waals surface area contributed by atoms with Gasteiger partial charge in [-0.1, -0.05) is 386 Å². The van der Waals surface area contributed by atoms with E-state index in [0.717, 1.165) is 18.3 Å². The lowest BCUT2D eigenvalue weighted by molar-refractivity contribution is 0.404. The van der Waals surface area contributed by atoms with Crippen molar-refractivity contribution in [2.45, 2.75) is 156 Å². The molecule has 0 nitrogen and oxygen atoms in total. The molecule has 0 fully saturated rings. The van der Waals surface area contributed by atoms with Gasteiger partial charge in [-0.15, -0.1) is 0 Å². The molecule has 0 saturated heterocycles. The summed E-state index contributed by atoms with van der Waals surface area (Å²) in [5.41, 5.74) is 27.5. The maximum Gasteiger partial charge on any atom is 0.0105 e. The molecule has 99 heavy (non-hydrogen) atoms. The summed E-state index contributed by atoms with van der Waals surface area (Å²) in [7, 11) is 0. The van der Waals surface area contributed by atoms with Crippen molar-refractivity contribution >= 4 is 91.7 Å². The lowest BCUT2D eigenvalue weighted by atomic mass is 9.83. The van der Waals surface area contributed by atoms with Gasteiger partial charge in [0.2, 0.25) is 0 Å². The number of hydrogen-bond acceptors (Lipinski definition) is 0. The second-order valence-electron chi connectivity index (χ2n) is 29.3. The molecule has 12 aromatic rings. The molecule has 0 aliphatic heterocycles. The van der Waals surface area contributed by atoms with E-state index in [1.54, 1.807) is 0 Å². The summed E-state index contributed by atoms with van der Waals surface area (Å²) in [4.78, 5) is 0.